The highest BCUT2D eigenvalue weighted by atomic mass is 35.5. The monoisotopic (exact) mass is 293 g/mol. The second-order valence-electron chi connectivity index (χ2n) is 4.17. The average molecular weight is 294 g/mol. The zero-order chi connectivity index (χ0) is 13.7. The van der Waals surface area contributed by atoms with Crippen molar-refractivity contribution in [3.8, 4) is 0 Å². The fourth-order valence-corrected chi connectivity index (χ4v) is 2.82. The summed E-state index contributed by atoms with van der Waals surface area (Å²) >= 11 is 7.74. The van der Waals surface area contributed by atoms with Crippen molar-refractivity contribution in [2.24, 2.45) is 0 Å². The highest BCUT2D eigenvalue weighted by molar-refractivity contribution is 7.98. The molecule has 2 aromatic rings. The number of aromatic nitrogens is 2. The lowest BCUT2D eigenvalue weighted by Crippen LogP contribution is -2.02. The van der Waals surface area contributed by atoms with Crippen molar-refractivity contribution >= 4 is 29.2 Å². The predicted octanol–water partition coefficient (Wildman–Crippen LogP) is 3.96. The van der Waals surface area contributed by atoms with Gasteiger partial charge in [-0.15, -0.1) is 11.8 Å². The summed E-state index contributed by atoms with van der Waals surface area (Å²) in [6.07, 6.45) is 1.98. The molecule has 3 nitrogen and oxygen atoms in total. The first-order chi connectivity index (χ1) is 9.19. The van der Waals surface area contributed by atoms with Gasteiger partial charge in [0.05, 0.1) is 10.8 Å². The first kappa shape index (κ1) is 14.2. The summed E-state index contributed by atoms with van der Waals surface area (Å²) in [5, 5.41) is 0.755. The molecule has 0 saturated carbocycles. The molecule has 0 fully saturated rings. The van der Waals surface area contributed by atoms with E-state index in [1.807, 2.05) is 30.3 Å². The van der Waals surface area contributed by atoms with Crippen molar-refractivity contribution in [1.29, 1.82) is 0 Å². The molecule has 5 heteroatoms. The van der Waals surface area contributed by atoms with Crippen LogP contribution in [0.25, 0.3) is 0 Å². The zero-order valence-electron chi connectivity index (χ0n) is 10.8. The number of nitrogens with zero attached hydrogens (tertiary/aromatic N) is 2. The van der Waals surface area contributed by atoms with Crippen LogP contribution in [-0.4, -0.2) is 9.97 Å². The Morgan fingerprint density at radius 3 is 2.79 bits per heavy atom. The SMILES string of the molecule is CCCc1cc(N)nc(CSc2ccccc2Cl)n1. The molecule has 0 atom stereocenters. The van der Waals surface area contributed by atoms with Gasteiger partial charge in [0, 0.05) is 16.7 Å². The fourth-order valence-electron chi connectivity index (χ4n) is 1.73. The zero-order valence-corrected chi connectivity index (χ0v) is 12.3. The van der Waals surface area contributed by atoms with E-state index in [2.05, 4.69) is 16.9 Å². The first-order valence-electron chi connectivity index (χ1n) is 6.18. The van der Waals surface area contributed by atoms with Crippen LogP contribution in [0.4, 0.5) is 5.82 Å². The Labute approximate surface area is 122 Å². The van der Waals surface area contributed by atoms with E-state index >= 15 is 0 Å². The van der Waals surface area contributed by atoms with Crippen molar-refractivity contribution in [1.82, 2.24) is 9.97 Å². The molecule has 0 saturated heterocycles. The Morgan fingerprint density at radius 2 is 2.05 bits per heavy atom. The second-order valence-corrected chi connectivity index (χ2v) is 5.59. The number of aryl methyl sites for hydroxylation is 1. The molecule has 0 bridgehead atoms. The second kappa shape index (κ2) is 6.78. The van der Waals surface area contributed by atoms with Crippen LogP contribution in [0.15, 0.2) is 35.2 Å². The van der Waals surface area contributed by atoms with Crippen LogP contribution in [-0.2, 0) is 12.2 Å². The Hall–Kier alpha value is -1.26. The Kier molecular flexibility index (Phi) is 5.05. The van der Waals surface area contributed by atoms with Crippen LogP contribution in [0, 0.1) is 0 Å². The third-order valence-corrected chi connectivity index (χ3v) is 4.06. The minimum atomic E-state index is 0.535. The summed E-state index contributed by atoms with van der Waals surface area (Å²) < 4.78 is 0. The molecule has 0 aliphatic carbocycles. The van der Waals surface area contributed by atoms with Crippen LogP contribution in [0.5, 0.6) is 0 Å². The van der Waals surface area contributed by atoms with Gasteiger partial charge in [-0.3, -0.25) is 0 Å². The topological polar surface area (TPSA) is 51.8 Å². The average Bonchev–Trinajstić information content (AvgIpc) is 2.37. The Balaban J connectivity index is 2.09. The van der Waals surface area contributed by atoms with Crippen LogP contribution < -0.4 is 5.73 Å². The summed E-state index contributed by atoms with van der Waals surface area (Å²) in [6.45, 7) is 2.12. The van der Waals surface area contributed by atoms with Crippen LogP contribution in [0.1, 0.15) is 24.9 Å². The van der Waals surface area contributed by atoms with Gasteiger partial charge in [-0.25, -0.2) is 9.97 Å². The third kappa shape index (κ3) is 4.11. The van der Waals surface area contributed by atoms with Gasteiger partial charge in [-0.05, 0) is 18.6 Å². The van der Waals surface area contributed by atoms with E-state index in [4.69, 9.17) is 17.3 Å². The highest BCUT2D eigenvalue weighted by Crippen LogP contribution is 2.28. The molecule has 100 valence electrons. The summed E-state index contributed by atoms with van der Waals surface area (Å²) in [5.74, 6) is 1.97. The standard InChI is InChI=1S/C14H16ClN3S/c1-2-5-10-8-13(16)18-14(17-10)9-19-12-7-4-3-6-11(12)15/h3-4,6-8H,2,5,9H2,1H3,(H2,16,17,18). The molecule has 2 N–H and O–H groups in total. The largest absolute Gasteiger partial charge is 0.384 e. The lowest BCUT2D eigenvalue weighted by atomic mass is 10.2. The van der Waals surface area contributed by atoms with Crippen molar-refractivity contribution in [2.75, 3.05) is 5.73 Å². The smallest absolute Gasteiger partial charge is 0.141 e. The molecule has 0 radical (unpaired) electrons. The molecule has 19 heavy (non-hydrogen) atoms. The van der Waals surface area contributed by atoms with E-state index in [0.29, 0.717) is 11.6 Å². The van der Waals surface area contributed by atoms with E-state index in [1.165, 1.54) is 0 Å². The maximum atomic E-state index is 6.12. The summed E-state index contributed by atoms with van der Waals surface area (Å²) in [7, 11) is 0. The number of benzene rings is 1. The number of rotatable bonds is 5. The number of anilines is 1. The van der Waals surface area contributed by atoms with Gasteiger partial charge in [0.15, 0.2) is 0 Å². The lowest BCUT2D eigenvalue weighted by molar-refractivity contribution is 0.856. The third-order valence-electron chi connectivity index (χ3n) is 2.54. The van der Waals surface area contributed by atoms with Gasteiger partial charge < -0.3 is 5.73 Å². The maximum absolute atomic E-state index is 6.12. The van der Waals surface area contributed by atoms with Gasteiger partial charge in [0.25, 0.3) is 0 Å². The van der Waals surface area contributed by atoms with Gasteiger partial charge in [0.1, 0.15) is 11.6 Å². The molecule has 1 aromatic heterocycles. The number of halogens is 1. The van der Waals surface area contributed by atoms with E-state index in [9.17, 15) is 0 Å². The summed E-state index contributed by atoms with van der Waals surface area (Å²) in [5.41, 5.74) is 6.81. The molecule has 0 spiro atoms. The summed E-state index contributed by atoms with van der Waals surface area (Å²) in [4.78, 5) is 9.81. The fraction of sp³-hybridized carbons (Fsp3) is 0.286. The molecule has 0 aliphatic heterocycles. The lowest BCUT2D eigenvalue weighted by Gasteiger charge is -2.06. The van der Waals surface area contributed by atoms with Crippen molar-refractivity contribution in [2.45, 2.75) is 30.4 Å². The number of hydrogen-bond acceptors (Lipinski definition) is 4. The molecular formula is C14H16ClN3S. The van der Waals surface area contributed by atoms with E-state index < -0.39 is 0 Å². The predicted molar refractivity (Wildman–Crippen MR) is 81.5 cm³/mol. The Morgan fingerprint density at radius 1 is 1.26 bits per heavy atom. The molecule has 0 aliphatic rings. The molecule has 1 heterocycles. The van der Waals surface area contributed by atoms with Crippen molar-refractivity contribution < 1.29 is 0 Å². The molecule has 0 amide bonds. The molecular weight excluding hydrogens is 278 g/mol. The van der Waals surface area contributed by atoms with Gasteiger partial charge in [0.2, 0.25) is 0 Å². The minimum Gasteiger partial charge on any atom is -0.384 e. The normalized spacial score (nSPS) is 10.6. The van der Waals surface area contributed by atoms with Crippen LogP contribution in [0.2, 0.25) is 5.02 Å². The molecule has 1 aromatic carbocycles. The van der Waals surface area contributed by atoms with E-state index in [1.54, 1.807) is 11.8 Å². The molecule has 2 rings (SSSR count). The number of thioether (sulfide) groups is 1. The number of nitrogen functional groups attached to an aromatic ring is 1. The van der Waals surface area contributed by atoms with E-state index in [0.717, 1.165) is 34.3 Å². The number of nitrogens with two attached hydrogens (primary N) is 1. The van der Waals surface area contributed by atoms with Crippen molar-refractivity contribution in [3.63, 3.8) is 0 Å². The van der Waals surface area contributed by atoms with Gasteiger partial charge in [-0.2, -0.15) is 0 Å². The quantitative estimate of drug-likeness (QED) is 0.848. The maximum Gasteiger partial charge on any atom is 0.141 e. The van der Waals surface area contributed by atoms with Crippen LogP contribution >= 0.6 is 23.4 Å². The van der Waals surface area contributed by atoms with Crippen molar-refractivity contribution in [3.05, 3.63) is 46.9 Å². The number of hydrogen-bond donors (Lipinski definition) is 1. The van der Waals surface area contributed by atoms with Crippen LogP contribution in [0.3, 0.4) is 0 Å². The van der Waals surface area contributed by atoms with Gasteiger partial charge >= 0.3 is 0 Å². The van der Waals surface area contributed by atoms with E-state index in [-0.39, 0.29) is 0 Å². The molecule has 0 unspecified atom stereocenters. The minimum absolute atomic E-state index is 0.535. The summed E-state index contributed by atoms with van der Waals surface area (Å²) in [6, 6.07) is 9.60. The van der Waals surface area contributed by atoms with Gasteiger partial charge in [-0.1, -0.05) is 37.1 Å². The first-order valence-corrected chi connectivity index (χ1v) is 7.55. The highest BCUT2D eigenvalue weighted by Gasteiger charge is 2.05. The Bertz CT molecular complexity index is 560.